The fourth-order valence-electron chi connectivity index (χ4n) is 2.23. The molecule has 1 aromatic carbocycles. The molecule has 0 aliphatic carbocycles. The zero-order valence-corrected chi connectivity index (χ0v) is 11.9. The van der Waals surface area contributed by atoms with Gasteiger partial charge >= 0.3 is 0 Å². The fraction of sp³-hybridized carbons (Fsp3) is 0.462. The molecule has 21 heavy (non-hydrogen) atoms. The number of hydrogen-bond acceptors (Lipinski definition) is 6. The van der Waals surface area contributed by atoms with E-state index >= 15 is 0 Å². The molecule has 1 aromatic rings. The number of nitro groups is 1. The normalized spacial score (nSPS) is 14.7. The Morgan fingerprint density at radius 3 is 2.33 bits per heavy atom. The molecule has 1 heterocycles. The lowest BCUT2D eigenvalue weighted by Gasteiger charge is -2.27. The lowest BCUT2D eigenvalue weighted by molar-refractivity contribution is -0.385. The molecule has 0 bridgehead atoms. The van der Waals surface area contributed by atoms with Crippen molar-refractivity contribution in [3.63, 3.8) is 0 Å². The largest absolute Gasteiger partial charge is 0.493 e. The van der Waals surface area contributed by atoms with Crippen LogP contribution in [0.2, 0.25) is 0 Å². The Morgan fingerprint density at radius 2 is 1.81 bits per heavy atom. The Bertz CT molecular complexity index is 555. The molecule has 1 amide bonds. The maximum atomic E-state index is 12.5. The van der Waals surface area contributed by atoms with Crippen LogP contribution in [-0.2, 0) is 0 Å². The lowest BCUT2D eigenvalue weighted by atomic mass is 10.1. The average Bonchev–Trinajstić information content (AvgIpc) is 2.53. The van der Waals surface area contributed by atoms with Crippen LogP contribution in [0.4, 0.5) is 5.69 Å². The van der Waals surface area contributed by atoms with Crippen LogP contribution in [0, 0.1) is 10.1 Å². The van der Waals surface area contributed by atoms with E-state index in [1.807, 2.05) is 0 Å². The van der Waals surface area contributed by atoms with Crippen LogP contribution in [-0.4, -0.2) is 56.1 Å². The number of rotatable bonds is 4. The molecular weight excluding hydrogens is 278 g/mol. The predicted molar refractivity (Wildman–Crippen MR) is 75.0 cm³/mol. The topological polar surface area (TPSA) is 93.9 Å². The molecule has 0 unspecified atom stereocenters. The Morgan fingerprint density at radius 1 is 1.24 bits per heavy atom. The van der Waals surface area contributed by atoms with Crippen LogP contribution < -0.4 is 14.8 Å². The predicted octanol–water partition coefficient (Wildman–Crippen LogP) is 0.657. The van der Waals surface area contributed by atoms with Crippen LogP contribution in [0.5, 0.6) is 11.5 Å². The van der Waals surface area contributed by atoms with Crippen molar-refractivity contribution in [1.29, 1.82) is 0 Å². The van der Waals surface area contributed by atoms with Crippen LogP contribution in [0.25, 0.3) is 0 Å². The second-order valence-corrected chi connectivity index (χ2v) is 4.52. The summed E-state index contributed by atoms with van der Waals surface area (Å²) < 4.78 is 10.2. The van der Waals surface area contributed by atoms with Gasteiger partial charge in [-0.2, -0.15) is 0 Å². The van der Waals surface area contributed by atoms with Gasteiger partial charge in [-0.25, -0.2) is 0 Å². The quantitative estimate of drug-likeness (QED) is 0.647. The van der Waals surface area contributed by atoms with Gasteiger partial charge in [0.15, 0.2) is 11.5 Å². The number of benzene rings is 1. The molecule has 8 nitrogen and oxygen atoms in total. The highest BCUT2D eigenvalue weighted by atomic mass is 16.6. The van der Waals surface area contributed by atoms with Crippen molar-refractivity contribution >= 4 is 11.6 Å². The highest BCUT2D eigenvalue weighted by Crippen LogP contribution is 2.35. The van der Waals surface area contributed by atoms with E-state index in [9.17, 15) is 14.9 Å². The Kier molecular flexibility index (Phi) is 4.59. The summed E-state index contributed by atoms with van der Waals surface area (Å²) in [4.78, 5) is 24.7. The van der Waals surface area contributed by atoms with Gasteiger partial charge in [0.25, 0.3) is 11.6 Å². The second-order valence-electron chi connectivity index (χ2n) is 4.52. The van der Waals surface area contributed by atoms with Crippen LogP contribution >= 0.6 is 0 Å². The number of piperazine rings is 1. The van der Waals surface area contributed by atoms with Crippen molar-refractivity contribution in [2.24, 2.45) is 0 Å². The first-order chi connectivity index (χ1) is 10.1. The number of carbonyl (C=O) groups excluding carboxylic acids is 1. The van der Waals surface area contributed by atoms with E-state index in [0.29, 0.717) is 31.9 Å². The molecule has 1 N–H and O–H groups in total. The van der Waals surface area contributed by atoms with Crippen molar-refractivity contribution in [3.05, 3.63) is 27.8 Å². The van der Waals surface area contributed by atoms with E-state index < -0.39 is 4.92 Å². The van der Waals surface area contributed by atoms with Gasteiger partial charge in [0, 0.05) is 32.2 Å². The van der Waals surface area contributed by atoms with Gasteiger partial charge in [0.2, 0.25) is 0 Å². The second kappa shape index (κ2) is 6.40. The minimum absolute atomic E-state index is 0.0135. The van der Waals surface area contributed by atoms with Crippen LogP contribution in [0.15, 0.2) is 12.1 Å². The molecule has 0 atom stereocenters. The van der Waals surface area contributed by atoms with Crippen LogP contribution in [0.1, 0.15) is 10.4 Å². The number of ether oxygens (including phenoxy) is 2. The third-order valence-corrected chi connectivity index (χ3v) is 3.33. The van der Waals surface area contributed by atoms with Crippen LogP contribution in [0.3, 0.4) is 0 Å². The number of nitrogens with zero attached hydrogens (tertiary/aromatic N) is 2. The standard InChI is InChI=1S/C13H17N3O5/c1-20-11-7-9(10(16(18)19)8-12(11)21-2)13(17)15-5-3-14-4-6-15/h7-8,14H,3-6H2,1-2H3. The summed E-state index contributed by atoms with van der Waals surface area (Å²) in [5, 5.41) is 14.3. The van der Waals surface area contributed by atoms with Gasteiger partial charge < -0.3 is 19.7 Å². The molecular formula is C13H17N3O5. The lowest BCUT2D eigenvalue weighted by Crippen LogP contribution is -2.46. The molecule has 0 aromatic heterocycles. The molecule has 1 aliphatic rings. The highest BCUT2D eigenvalue weighted by Gasteiger charge is 2.28. The number of nitrogens with one attached hydrogen (secondary N) is 1. The van der Waals surface area contributed by atoms with Crippen molar-refractivity contribution in [2.75, 3.05) is 40.4 Å². The summed E-state index contributed by atoms with van der Waals surface area (Å²) in [7, 11) is 2.81. The zero-order valence-electron chi connectivity index (χ0n) is 11.9. The average molecular weight is 295 g/mol. The first-order valence-corrected chi connectivity index (χ1v) is 6.49. The molecule has 1 saturated heterocycles. The van der Waals surface area contributed by atoms with Gasteiger partial charge in [-0.05, 0) is 0 Å². The summed E-state index contributed by atoms with van der Waals surface area (Å²) in [6, 6.07) is 2.58. The van der Waals surface area contributed by atoms with Gasteiger partial charge in [0.1, 0.15) is 5.56 Å². The molecule has 1 fully saturated rings. The van der Waals surface area contributed by atoms with E-state index in [-0.39, 0.29) is 22.9 Å². The Labute approximate surface area is 121 Å². The van der Waals surface area contributed by atoms with E-state index in [0.717, 1.165) is 0 Å². The van der Waals surface area contributed by atoms with E-state index in [1.54, 1.807) is 4.90 Å². The van der Waals surface area contributed by atoms with E-state index in [2.05, 4.69) is 5.32 Å². The fourth-order valence-corrected chi connectivity index (χ4v) is 2.23. The smallest absolute Gasteiger partial charge is 0.286 e. The van der Waals surface area contributed by atoms with Crippen molar-refractivity contribution in [2.45, 2.75) is 0 Å². The summed E-state index contributed by atoms with van der Waals surface area (Å²) in [5.74, 6) is 0.145. The van der Waals surface area contributed by atoms with Crippen molar-refractivity contribution in [3.8, 4) is 11.5 Å². The number of carbonyl (C=O) groups is 1. The molecule has 2 rings (SSSR count). The van der Waals surface area contributed by atoms with E-state index in [1.165, 1.54) is 26.4 Å². The number of methoxy groups -OCH3 is 2. The van der Waals surface area contributed by atoms with Gasteiger partial charge in [-0.1, -0.05) is 0 Å². The third kappa shape index (κ3) is 3.05. The van der Waals surface area contributed by atoms with Crippen molar-refractivity contribution < 1.29 is 19.2 Å². The molecule has 0 radical (unpaired) electrons. The van der Waals surface area contributed by atoms with Gasteiger partial charge in [-0.3, -0.25) is 14.9 Å². The monoisotopic (exact) mass is 295 g/mol. The van der Waals surface area contributed by atoms with Crippen molar-refractivity contribution in [1.82, 2.24) is 10.2 Å². The first-order valence-electron chi connectivity index (χ1n) is 6.49. The zero-order chi connectivity index (χ0) is 15.4. The maximum Gasteiger partial charge on any atom is 0.286 e. The summed E-state index contributed by atoms with van der Waals surface area (Å²) in [6.07, 6.45) is 0. The minimum Gasteiger partial charge on any atom is -0.493 e. The molecule has 0 saturated carbocycles. The highest BCUT2D eigenvalue weighted by molar-refractivity contribution is 5.99. The number of hydrogen-bond donors (Lipinski definition) is 1. The van der Waals surface area contributed by atoms with E-state index in [4.69, 9.17) is 9.47 Å². The molecule has 8 heteroatoms. The number of amides is 1. The van der Waals surface area contributed by atoms with Gasteiger partial charge in [-0.15, -0.1) is 0 Å². The van der Waals surface area contributed by atoms with Gasteiger partial charge in [0.05, 0.1) is 25.2 Å². The summed E-state index contributed by atoms with van der Waals surface area (Å²) in [5.41, 5.74) is -0.268. The summed E-state index contributed by atoms with van der Waals surface area (Å²) >= 11 is 0. The first kappa shape index (κ1) is 15.0. The third-order valence-electron chi connectivity index (χ3n) is 3.33. The summed E-state index contributed by atoms with van der Waals surface area (Å²) in [6.45, 7) is 2.38. The number of nitro benzene ring substituents is 1. The molecule has 1 aliphatic heterocycles. The minimum atomic E-state index is -0.586. The Hall–Kier alpha value is -2.35. The molecule has 0 spiro atoms. The maximum absolute atomic E-state index is 12.5. The molecule has 114 valence electrons. The Balaban J connectivity index is 2.44. The SMILES string of the molecule is COc1cc(C(=O)N2CCNCC2)c([N+](=O)[O-])cc1OC.